The Kier molecular flexibility index (Phi) is 3.73. The number of ether oxygens (including phenoxy) is 1. The van der Waals surface area contributed by atoms with Gasteiger partial charge in [0.2, 0.25) is 0 Å². The van der Waals surface area contributed by atoms with Gasteiger partial charge in [0.25, 0.3) is 9.05 Å². The maximum Gasteiger partial charge on any atom is 0.261 e. The van der Waals surface area contributed by atoms with Crippen molar-refractivity contribution in [2.24, 2.45) is 0 Å². The number of hydrogen-bond donors (Lipinski definition) is 0. The predicted molar refractivity (Wildman–Crippen MR) is 70.6 cm³/mol. The Morgan fingerprint density at radius 3 is 2.78 bits per heavy atom. The van der Waals surface area contributed by atoms with Crippen molar-refractivity contribution in [3.8, 4) is 5.75 Å². The van der Waals surface area contributed by atoms with E-state index in [1.807, 2.05) is 6.92 Å². The SMILES string of the molecule is CCCOc1ccc(S(=O)(=O)Cl)c2cccnc12. The molecule has 1 heterocycles. The van der Waals surface area contributed by atoms with Gasteiger partial charge in [-0.25, -0.2) is 8.42 Å². The van der Waals surface area contributed by atoms with Crippen molar-refractivity contribution in [1.82, 2.24) is 4.98 Å². The molecule has 2 aromatic rings. The molecule has 0 aliphatic carbocycles. The fourth-order valence-electron chi connectivity index (χ4n) is 1.66. The lowest BCUT2D eigenvalue weighted by Gasteiger charge is -2.09. The van der Waals surface area contributed by atoms with Crippen molar-refractivity contribution in [2.75, 3.05) is 6.61 Å². The van der Waals surface area contributed by atoms with Crippen molar-refractivity contribution < 1.29 is 13.2 Å². The Labute approximate surface area is 110 Å². The van der Waals surface area contributed by atoms with Gasteiger partial charge in [-0.1, -0.05) is 6.92 Å². The Balaban J connectivity index is 2.66. The lowest BCUT2D eigenvalue weighted by molar-refractivity contribution is 0.320. The van der Waals surface area contributed by atoms with Crippen LogP contribution in [0.25, 0.3) is 10.9 Å². The number of aromatic nitrogens is 1. The second-order valence-corrected chi connectivity index (χ2v) is 6.28. The van der Waals surface area contributed by atoms with E-state index >= 15 is 0 Å². The molecule has 0 radical (unpaired) electrons. The van der Waals surface area contributed by atoms with Gasteiger partial charge in [0.15, 0.2) is 0 Å². The summed E-state index contributed by atoms with van der Waals surface area (Å²) in [7, 11) is 1.61. The van der Waals surface area contributed by atoms with Crippen LogP contribution in [0.2, 0.25) is 0 Å². The Morgan fingerprint density at radius 2 is 2.11 bits per heavy atom. The van der Waals surface area contributed by atoms with Crippen LogP contribution >= 0.6 is 10.7 Å². The summed E-state index contributed by atoms with van der Waals surface area (Å²) in [6, 6.07) is 6.35. The van der Waals surface area contributed by atoms with E-state index in [0.717, 1.165) is 6.42 Å². The summed E-state index contributed by atoms with van der Waals surface area (Å²) in [5, 5.41) is 0.473. The summed E-state index contributed by atoms with van der Waals surface area (Å²) < 4.78 is 28.5. The van der Waals surface area contributed by atoms with E-state index < -0.39 is 9.05 Å². The molecule has 0 spiro atoms. The average Bonchev–Trinajstić information content (AvgIpc) is 2.34. The van der Waals surface area contributed by atoms with Gasteiger partial charge >= 0.3 is 0 Å². The van der Waals surface area contributed by atoms with E-state index in [1.54, 1.807) is 24.4 Å². The third-order valence-corrected chi connectivity index (χ3v) is 3.80. The van der Waals surface area contributed by atoms with Crippen molar-refractivity contribution in [3.05, 3.63) is 30.5 Å². The fourth-order valence-corrected chi connectivity index (χ4v) is 2.72. The van der Waals surface area contributed by atoms with Gasteiger partial charge in [-0.05, 0) is 30.7 Å². The lowest BCUT2D eigenvalue weighted by atomic mass is 10.2. The van der Waals surface area contributed by atoms with Gasteiger partial charge in [0, 0.05) is 22.3 Å². The minimum Gasteiger partial charge on any atom is -0.491 e. The van der Waals surface area contributed by atoms with Crippen molar-refractivity contribution >= 4 is 30.6 Å². The number of hydrogen-bond acceptors (Lipinski definition) is 4. The van der Waals surface area contributed by atoms with E-state index in [1.165, 1.54) is 6.07 Å². The smallest absolute Gasteiger partial charge is 0.261 e. The first-order valence-electron chi connectivity index (χ1n) is 5.49. The number of halogens is 1. The van der Waals surface area contributed by atoms with Gasteiger partial charge in [0.1, 0.15) is 11.3 Å². The van der Waals surface area contributed by atoms with Gasteiger partial charge in [0.05, 0.1) is 11.5 Å². The van der Waals surface area contributed by atoms with E-state index in [2.05, 4.69) is 4.98 Å². The fraction of sp³-hybridized carbons (Fsp3) is 0.250. The molecule has 0 atom stereocenters. The molecule has 18 heavy (non-hydrogen) atoms. The summed E-state index contributed by atoms with van der Waals surface area (Å²) in [6.45, 7) is 2.55. The maximum atomic E-state index is 11.5. The molecule has 0 amide bonds. The molecule has 0 aliphatic rings. The molecule has 0 saturated heterocycles. The second kappa shape index (κ2) is 5.12. The van der Waals surface area contributed by atoms with Crippen molar-refractivity contribution in [1.29, 1.82) is 0 Å². The molecule has 0 saturated carbocycles. The standard InChI is InChI=1S/C12H12ClNO3S/c1-2-8-17-10-5-6-11(18(13,15)16)9-4-3-7-14-12(9)10/h3-7H,2,8H2,1H3. The molecule has 0 N–H and O–H groups in total. The summed E-state index contributed by atoms with van der Waals surface area (Å²) >= 11 is 0. The van der Waals surface area contributed by atoms with Crippen molar-refractivity contribution in [2.45, 2.75) is 18.2 Å². The van der Waals surface area contributed by atoms with Crippen LogP contribution in [0.5, 0.6) is 5.75 Å². The Morgan fingerprint density at radius 1 is 1.33 bits per heavy atom. The quantitative estimate of drug-likeness (QED) is 0.811. The van der Waals surface area contributed by atoms with Crippen LogP contribution in [0.15, 0.2) is 35.4 Å². The lowest BCUT2D eigenvalue weighted by Crippen LogP contribution is -1.99. The maximum absolute atomic E-state index is 11.5. The molecule has 0 unspecified atom stereocenters. The highest BCUT2D eigenvalue weighted by Gasteiger charge is 2.16. The van der Waals surface area contributed by atoms with Crippen molar-refractivity contribution in [3.63, 3.8) is 0 Å². The first-order valence-corrected chi connectivity index (χ1v) is 7.80. The molecule has 96 valence electrons. The molecule has 6 heteroatoms. The molecular weight excluding hydrogens is 274 g/mol. The highest BCUT2D eigenvalue weighted by atomic mass is 35.7. The van der Waals surface area contributed by atoms with Crippen LogP contribution in [0.1, 0.15) is 13.3 Å². The zero-order chi connectivity index (χ0) is 13.2. The minimum atomic E-state index is -3.79. The summed E-state index contributed by atoms with van der Waals surface area (Å²) in [5.74, 6) is 0.566. The first-order chi connectivity index (χ1) is 8.54. The third-order valence-electron chi connectivity index (χ3n) is 2.42. The number of rotatable bonds is 4. The molecule has 0 bridgehead atoms. The van der Waals surface area contributed by atoms with E-state index in [-0.39, 0.29) is 4.90 Å². The van der Waals surface area contributed by atoms with Crippen LogP contribution < -0.4 is 4.74 Å². The van der Waals surface area contributed by atoms with Crippen LogP contribution in [0, 0.1) is 0 Å². The monoisotopic (exact) mass is 285 g/mol. The average molecular weight is 286 g/mol. The highest BCUT2D eigenvalue weighted by Crippen LogP contribution is 2.31. The number of fused-ring (bicyclic) bond motifs is 1. The van der Waals surface area contributed by atoms with Gasteiger partial charge in [-0.3, -0.25) is 4.98 Å². The van der Waals surface area contributed by atoms with E-state index in [4.69, 9.17) is 15.4 Å². The summed E-state index contributed by atoms with van der Waals surface area (Å²) in [4.78, 5) is 4.21. The topological polar surface area (TPSA) is 56.3 Å². The zero-order valence-corrected chi connectivity index (χ0v) is 11.3. The summed E-state index contributed by atoms with van der Waals surface area (Å²) in [6.07, 6.45) is 2.45. The predicted octanol–water partition coefficient (Wildman–Crippen LogP) is 2.95. The zero-order valence-electron chi connectivity index (χ0n) is 9.76. The second-order valence-electron chi connectivity index (χ2n) is 3.75. The molecule has 0 fully saturated rings. The number of pyridine rings is 1. The van der Waals surface area contributed by atoms with Gasteiger partial charge < -0.3 is 4.74 Å². The van der Waals surface area contributed by atoms with Gasteiger partial charge in [-0.15, -0.1) is 0 Å². The van der Waals surface area contributed by atoms with E-state index in [9.17, 15) is 8.42 Å². The minimum absolute atomic E-state index is 0.0520. The van der Waals surface area contributed by atoms with Crippen LogP contribution in [0.3, 0.4) is 0 Å². The normalized spacial score (nSPS) is 11.7. The third kappa shape index (κ3) is 2.57. The van der Waals surface area contributed by atoms with Crippen LogP contribution in [-0.4, -0.2) is 20.0 Å². The highest BCUT2D eigenvalue weighted by molar-refractivity contribution is 8.14. The molecular formula is C12H12ClNO3S. The number of nitrogens with zero attached hydrogens (tertiary/aromatic N) is 1. The van der Waals surface area contributed by atoms with Crippen LogP contribution in [0.4, 0.5) is 0 Å². The number of benzene rings is 1. The molecule has 2 rings (SSSR count). The van der Waals surface area contributed by atoms with Crippen LogP contribution in [-0.2, 0) is 9.05 Å². The van der Waals surface area contributed by atoms with E-state index in [0.29, 0.717) is 23.3 Å². The Bertz CT molecular complexity index is 670. The molecule has 1 aromatic carbocycles. The first kappa shape index (κ1) is 13.1. The molecule has 0 aliphatic heterocycles. The molecule has 4 nitrogen and oxygen atoms in total. The molecule has 1 aromatic heterocycles. The summed E-state index contributed by atoms with van der Waals surface area (Å²) in [5.41, 5.74) is 0.507. The Hall–Kier alpha value is -1.33. The van der Waals surface area contributed by atoms with Gasteiger partial charge in [-0.2, -0.15) is 0 Å². The largest absolute Gasteiger partial charge is 0.491 e.